The van der Waals surface area contributed by atoms with Crippen molar-refractivity contribution in [2.24, 2.45) is 11.8 Å². The Balaban J connectivity index is 1.80. The van der Waals surface area contributed by atoms with Crippen molar-refractivity contribution in [3.05, 3.63) is 59.7 Å². The molecule has 3 rings (SSSR count). The smallest absolute Gasteiger partial charge is 0.0314 e. The Morgan fingerprint density at radius 1 is 0.786 bits per heavy atom. The monoisotopic (exact) mass is 378 g/mol. The Bertz CT molecular complexity index is 656. The molecule has 0 saturated heterocycles. The van der Waals surface area contributed by atoms with Crippen LogP contribution in [0, 0.1) is 11.8 Å². The maximum absolute atomic E-state index is 5.98. The van der Waals surface area contributed by atoms with Gasteiger partial charge in [-0.1, -0.05) is 63.8 Å². The molecule has 1 aliphatic rings. The van der Waals surface area contributed by atoms with Crippen LogP contribution in [0.1, 0.15) is 82.8 Å². The molecule has 0 bridgehead atoms. The van der Waals surface area contributed by atoms with Gasteiger partial charge >= 0.3 is 0 Å². The minimum absolute atomic E-state index is 0.100. The van der Waals surface area contributed by atoms with Crippen LogP contribution in [0.2, 0.25) is 0 Å². The molecule has 0 aromatic heterocycles. The van der Waals surface area contributed by atoms with Crippen LogP contribution in [-0.4, -0.2) is 0 Å². The van der Waals surface area contributed by atoms with E-state index < -0.39 is 0 Å². The zero-order valence-corrected chi connectivity index (χ0v) is 17.8. The summed E-state index contributed by atoms with van der Waals surface area (Å²) in [4.78, 5) is 0. The molecule has 0 radical (unpaired) electrons. The fourth-order valence-corrected chi connectivity index (χ4v) is 5.42. The quantitative estimate of drug-likeness (QED) is 0.489. The minimum atomic E-state index is 0.100. The van der Waals surface area contributed by atoms with E-state index in [0.29, 0.717) is 0 Å². The van der Waals surface area contributed by atoms with Crippen LogP contribution in [0.25, 0.3) is 0 Å². The van der Waals surface area contributed by atoms with E-state index in [-0.39, 0.29) is 5.41 Å². The Hall–Kier alpha value is -1.96. The Labute approximate surface area is 171 Å². The lowest BCUT2D eigenvalue weighted by Crippen LogP contribution is -2.33. The number of nitrogens with two attached hydrogens (primary N) is 2. The van der Waals surface area contributed by atoms with Crippen molar-refractivity contribution in [2.75, 3.05) is 11.5 Å². The maximum Gasteiger partial charge on any atom is 0.0314 e. The van der Waals surface area contributed by atoms with Gasteiger partial charge in [-0.25, -0.2) is 0 Å². The van der Waals surface area contributed by atoms with E-state index in [2.05, 4.69) is 62.4 Å². The van der Waals surface area contributed by atoms with E-state index in [4.69, 9.17) is 11.5 Å². The number of anilines is 2. The van der Waals surface area contributed by atoms with Crippen molar-refractivity contribution >= 4 is 11.4 Å². The molecule has 2 aromatic carbocycles. The first-order valence-corrected chi connectivity index (χ1v) is 11.3. The van der Waals surface area contributed by atoms with Gasteiger partial charge in [0.25, 0.3) is 0 Å². The largest absolute Gasteiger partial charge is 0.399 e. The lowest BCUT2D eigenvalue weighted by Gasteiger charge is -2.42. The minimum Gasteiger partial charge on any atom is -0.399 e. The molecule has 0 heterocycles. The summed E-state index contributed by atoms with van der Waals surface area (Å²) >= 11 is 0. The van der Waals surface area contributed by atoms with Crippen LogP contribution in [0.5, 0.6) is 0 Å². The van der Waals surface area contributed by atoms with Crippen molar-refractivity contribution in [3.63, 3.8) is 0 Å². The zero-order valence-electron chi connectivity index (χ0n) is 17.8. The average Bonchev–Trinajstić information content (AvgIpc) is 2.70. The average molecular weight is 379 g/mol. The second-order valence-corrected chi connectivity index (χ2v) is 8.95. The normalized spacial score (nSPS) is 17.1. The molecule has 1 saturated carbocycles. The molecule has 0 atom stereocenters. The molecule has 28 heavy (non-hydrogen) atoms. The molecule has 2 heteroatoms. The van der Waals surface area contributed by atoms with E-state index in [1.807, 2.05) is 0 Å². The van der Waals surface area contributed by atoms with Crippen molar-refractivity contribution in [3.8, 4) is 0 Å². The summed E-state index contributed by atoms with van der Waals surface area (Å²) in [6.07, 6.45) is 11.9. The molecule has 2 aromatic rings. The fraction of sp³-hybridized carbons (Fsp3) is 0.538. The van der Waals surface area contributed by atoms with Crippen LogP contribution >= 0.6 is 0 Å². The fourth-order valence-electron chi connectivity index (χ4n) is 5.42. The first kappa shape index (κ1) is 20.8. The summed E-state index contributed by atoms with van der Waals surface area (Å²) in [5, 5.41) is 0. The summed E-state index contributed by atoms with van der Waals surface area (Å²) in [5.74, 6) is 1.79. The first-order valence-electron chi connectivity index (χ1n) is 11.3. The molecule has 1 aliphatic carbocycles. The van der Waals surface area contributed by atoms with Gasteiger partial charge < -0.3 is 11.5 Å². The van der Waals surface area contributed by atoms with Gasteiger partial charge in [0, 0.05) is 16.8 Å². The number of nitrogen functional groups attached to an aromatic ring is 2. The van der Waals surface area contributed by atoms with Gasteiger partial charge in [0.2, 0.25) is 0 Å². The van der Waals surface area contributed by atoms with Gasteiger partial charge in [0.15, 0.2) is 0 Å². The molecular weight excluding hydrogens is 340 g/mol. The van der Waals surface area contributed by atoms with Crippen LogP contribution in [0.3, 0.4) is 0 Å². The van der Waals surface area contributed by atoms with E-state index >= 15 is 0 Å². The number of hydrogen-bond acceptors (Lipinski definition) is 2. The molecule has 1 fully saturated rings. The Morgan fingerprint density at radius 2 is 1.21 bits per heavy atom. The van der Waals surface area contributed by atoms with Gasteiger partial charge in [0.05, 0.1) is 0 Å². The third-order valence-electron chi connectivity index (χ3n) is 6.95. The van der Waals surface area contributed by atoms with E-state index in [1.54, 1.807) is 0 Å². The molecule has 0 aliphatic heterocycles. The lowest BCUT2D eigenvalue weighted by molar-refractivity contribution is 0.219. The van der Waals surface area contributed by atoms with Gasteiger partial charge in [0.1, 0.15) is 0 Å². The third kappa shape index (κ3) is 4.71. The highest BCUT2D eigenvalue weighted by Crippen LogP contribution is 2.48. The van der Waals surface area contributed by atoms with Gasteiger partial charge in [-0.2, -0.15) is 0 Å². The van der Waals surface area contributed by atoms with Crippen LogP contribution < -0.4 is 11.5 Å². The van der Waals surface area contributed by atoms with Gasteiger partial charge in [-0.3, -0.25) is 0 Å². The lowest BCUT2D eigenvalue weighted by atomic mass is 9.62. The molecular formula is C26H38N2. The highest BCUT2D eigenvalue weighted by molar-refractivity contribution is 5.49. The molecule has 2 nitrogen and oxygen atoms in total. The zero-order chi connectivity index (χ0) is 20.0. The predicted octanol–water partition coefficient (Wildman–Crippen LogP) is 6.93. The first-order chi connectivity index (χ1) is 13.6. The molecule has 4 N–H and O–H groups in total. The van der Waals surface area contributed by atoms with Crippen molar-refractivity contribution < 1.29 is 0 Å². The number of benzene rings is 2. The topological polar surface area (TPSA) is 52.0 Å². The van der Waals surface area contributed by atoms with Crippen molar-refractivity contribution in [1.82, 2.24) is 0 Å². The SMILES string of the molecule is CCCC(CCC)CC1CCC(c2ccc(N)cc2)(c2ccc(N)cc2)CC1. The highest BCUT2D eigenvalue weighted by atomic mass is 14.5. The van der Waals surface area contributed by atoms with Crippen LogP contribution in [0.15, 0.2) is 48.5 Å². The molecule has 0 spiro atoms. The second-order valence-electron chi connectivity index (χ2n) is 8.95. The Kier molecular flexibility index (Phi) is 7.04. The predicted molar refractivity (Wildman–Crippen MR) is 122 cm³/mol. The van der Waals surface area contributed by atoms with Crippen molar-refractivity contribution in [1.29, 1.82) is 0 Å². The highest BCUT2D eigenvalue weighted by Gasteiger charge is 2.38. The third-order valence-corrected chi connectivity index (χ3v) is 6.95. The molecule has 152 valence electrons. The van der Waals surface area contributed by atoms with E-state index in [1.165, 1.54) is 68.9 Å². The summed E-state index contributed by atoms with van der Waals surface area (Å²) in [5.41, 5.74) is 16.5. The number of hydrogen-bond donors (Lipinski definition) is 2. The van der Waals surface area contributed by atoms with E-state index in [0.717, 1.165) is 23.2 Å². The van der Waals surface area contributed by atoms with Gasteiger partial charge in [-0.15, -0.1) is 0 Å². The standard InChI is InChI=1S/C26H38N2/c1-3-5-20(6-4-2)19-21-15-17-26(18-16-21,22-7-11-24(27)12-8-22)23-9-13-25(28)14-10-23/h7-14,20-21H,3-6,15-19,27-28H2,1-2H3. The van der Waals surface area contributed by atoms with Crippen LogP contribution in [0.4, 0.5) is 11.4 Å². The summed E-state index contributed by atoms with van der Waals surface area (Å²) in [7, 11) is 0. The maximum atomic E-state index is 5.98. The number of rotatable bonds is 8. The second kappa shape index (κ2) is 9.49. The molecule has 0 amide bonds. The summed E-state index contributed by atoms with van der Waals surface area (Å²) in [6.45, 7) is 4.66. The Morgan fingerprint density at radius 3 is 1.61 bits per heavy atom. The van der Waals surface area contributed by atoms with Crippen molar-refractivity contribution in [2.45, 2.75) is 77.0 Å². The van der Waals surface area contributed by atoms with Crippen LogP contribution in [-0.2, 0) is 5.41 Å². The summed E-state index contributed by atoms with van der Waals surface area (Å²) < 4.78 is 0. The molecule has 0 unspecified atom stereocenters. The van der Waals surface area contributed by atoms with Gasteiger partial charge in [-0.05, 0) is 79.3 Å². The summed E-state index contributed by atoms with van der Waals surface area (Å²) in [6, 6.07) is 17.2. The van der Waals surface area contributed by atoms with E-state index in [9.17, 15) is 0 Å².